The van der Waals surface area contributed by atoms with Crippen LogP contribution in [0.15, 0.2) is 0 Å². The Morgan fingerprint density at radius 1 is 0.957 bits per heavy atom. The molecule has 136 valence electrons. The van der Waals surface area contributed by atoms with E-state index in [4.69, 9.17) is 4.74 Å². The van der Waals surface area contributed by atoms with Crippen molar-refractivity contribution in [3.8, 4) is 0 Å². The second-order valence-electron chi connectivity index (χ2n) is 6.17. The average Bonchev–Trinajstić information content (AvgIpc) is 2.55. The highest BCUT2D eigenvalue weighted by Crippen LogP contribution is 2.12. The van der Waals surface area contributed by atoms with Gasteiger partial charge in [0.2, 0.25) is 5.91 Å². The van der Waals surface area contributed by atoms with Gasteiger partial charge in [-0.25, -0.2) is 5.43 Å². The van der Waals surface area contributed by atoms with Crippen LogP contribution < -0.4 is 10.9 Å². The topological polar surface area (TPSA) is 67.4 Å². The van der Waals surface area contributed by atoms with Gasteiger partial charge in [0.15, 0.2) is 0 Å². The average molecular weight is 328 g/mol. The number of hydrogen-bond donors (Lipinski definition) is 2. The highest BCUT2D eigenvalue weighted by Gasteiger charge is 2.10. The van der Waals surface area contributed by atoms with Gasteiger partial charge in [-0.2, -0.15) is 0 Å². The molecule has 0 radical (unpaired) electrons. The lowest BCUT2D eigenvalue weighted by Gasteiger charge is -2.14. The highest BCUT2D eigenvalue weighted by atomic mass is 16.5. The van der Waals surface area contributed by atoms with E-state index in [1.54, 1.807) is 0 Å². The van der Waals surface area contributed by atoms with Crippen molar-refractivity contribution in [1.82, 2.24) is 10.9 Å². The van der Waals surface area contributed by atoms with Crippen LogP contribution in [0.1, 0.15) is 85.0 Å². The van der Waals surface area contributed by atoms with Gasteiger partial charge in [0.1, 0.15) is 6.54 Å². The van der Waals surface area contributed by atoms with E-state index in [1.807, 2.05) is 0 Å². The number of rotatable bonds is 15. The van der Waals surface area contributed by atoms with Gasteiger partial charge in [-0.05, 0) is 18.8 Å². The molecule has 0 aromatic heterocycles. The first-order valence-electron chi connectivity index (χ1n) is 9.31. The van der Waals surface area contributed by atoms with Crippen molar-refractivity contribution in [2.24, 2.45) is 5.92 Å². The molecule has 1 atom stereocenters. The summed E-state index contributed by atoms with van der Waals surface area (Å²) in [5, 5.41) is 0. The van der Waals surface area contributed by atoms with Crippen molar-refractivity contribution in [3.05, 3.63) is 0 Å². The summed E-state index contributed by atoms with van der Waals surface area (Å²) < 4.78 is 5.25. The van der Waals surface area contributed by atoms with Gasteiger partial charge in [-0.3, -0.25) is 15.0 Å². The number of esters is 1. The van der Waals surface area contributed by atoms with E-state index < -0.39 is 0 Å². The van der Waals surface area contributed by atoms with Crippen LogP contribution in [0.2, 0.25) is 0 Å². The summed E-state index contributed by atoms with van der Waals surface area (Å²) in [5.41, 5.74) is 5.20. The van der Waals surface area contributed by atoms with Crippen LogP contribution in [-0.4, -0.2) is 25.0 Å². The third-order valence-corrected chi connectivity index (χ3v) is 3.99. The quantitative estimate of drug-likeness (QED) is 0.273. The van der Waals surface area contributed by atoms with Gasteiger partial charge in [0.25, 0.3) is 0 Å². The lowest BCUT2D eigenvalue weighted by molar-refractivity contribution is -0.144. The van der Waals surface area contributed by atoms with E-state index in [-0.39, 0.29) is 18.4 Å². The highest BCUT2D eigenvalue weighted by molar-refractivity contribution is 5.76. The van der Waals surface area contributed by atoms with Crippen LogP contribution in [-0.2, 0) is 14.3 Å². The molecule has 0 heterocycles. The summed E-state index contributed by atoms with van der Waals surface area (Å²) in [6.07, 6.45) is 10.5. The third-order valence-electron chi connectivity index (χ3n) is 3.99. The Bertz CT molecular complexity index is 309. The summed E-state index contributed by atoms with van der Waals surface area (Å²) in [5.74, 6) is 0.0588. The van der Waals surface area contributed by atoms with Crippen LogP contribution in [0.3, 0.4) is 0 Å². The first-order valence-corrected chi connectivity index (χ1v) is 9.31. The Hall–Kier alpha value is -1.10. The van der Waals surface area contributed by atoms with Crippen molar-refractivity contribution >= 4 is 11.9 Å². The largest absolute Gasteiger partial charge is 0.464 e. The lowest BCUT2D eigenvalue weighted by Crippen LogP contribution is -2.41. The van der Waals surface area contributed by atoms with Crippen LogP contribution in [0, 0.1) is 5.92 Å². The van der Waals surface area contributed by atoms with E-state index >= 15 is 0 Å². The molecule has 0 rings (SSSR count). The lowest BCUT2D eigenvalue weighted by atomic mass is 10.0. The smallest absolute Gasteiger partial charge is 0.321 e. The Labute approximate surface area is 141 Å². The van der Waals surface area contributed by atoms with Crippen molar-refractivity contribution in [2.75, 3.05) is 13.2 Å². The minimum Gasteiger partial charge on any atom is -0.464 e. The molecule has 0 aliphatic heterocycles. The number of hydrazine groups is 1. The standard InChI is InChI=1S/C18H36N2O3/c1-4-7-9-10-11-13-17(21)20-19-14-18(22)23-15-16(6-3)12-8-5-2/h16,19H,4-15H2,1-3H3,(H,20,21)/t16-/m1/s1. The van der Waals surface area contributed by atoms with Crippen molar-refractivity contribution in [1.29, 1.82) is 0 Å². The SMILES string of the molecule is CCCCCCCC(=O)NNCC(=O)OC[C@H](CC)CCCC. The van der Waals surface area contributed by atoms with Gasteiger partial charge in [0.05, 0.1) is 6.61 Å². The molecular formula is C18H36N2O3. The number of nitrogens with one attached hydrogen (secondary N) is 2. The number of amides is 1. The fourth-order valence-corrected chi connectivity index (χ4v) is 2.33. The number of carbonyl (C=O) groups is 2. The molecule has 5 heteroatoms. The maximum Gasteiger partial charge on any atom is 0.321 e. The van der Waals surface area contributed by atoms with Gasteiger partial charge in [-0.15, -0.1) is 0 Å². The zero-order valence-electron chi connectivity index (χ0n) is 15.3. The maximum atomic E-state index is 11.6. The summed E-state index contributed by atoms with van der Waals surface area (Å²) in [4.78, 5) is 23.2. The second kappa shape index (κ2) is 15.8. The Kier molecular flexibility index (Phi) is 15.0. The predicted octanol–water partition coefficient (Wildman–Crippen LogP) is 3.73. The van der Waals surface area contributed by atoms with Crippen LogP contribution in [0.4, 0.5) is 0 Å². The first-order chi connectivity index (χ1) is 11.1. The molecule has 0 aliphatic carbocycles. The normalized spacial score (nSPS) is 12.0. The van der Waals surface area contributed by atoms with Gasteiger partial charge in [0, 0.05) is 6.42 Å². The molecule has 0 aliphatic rings. The molecule has 0 saturated carbocycles. The fraction of sp³-hybridized carbons (Fsp3) is 0.889. The molecule has 0 saturated heterocycles. The second-order valence-corrected chi connectivity index (χ2v) is 6.17. The molecule has 0 bridgehead atoms. The van der Waals surface area contributed by atoms with E-state index in [1.165, 1.54) is 25.7 Å². The molecule has 0 spiro atoms. The van der Waals surface area contributed by atoms with Crippen LogP contribution >= 0.6 is 0 Å². The summed E-state index contributed by atoms with van der Waals surface area (Å²) in [6, 6.07) is 0. The molecule has 5 nitrogen and oxygen atoms in total. The Morgan fingerprint density at radius 3 is 2.30 bits per heavy atom. The minimum atomic E-state index is -0.316. The van der Waals surface area contributed by atoms with Gasteiger partial charge in [-0.1, -0.05) is 65.7 Å². The molecule has 23 heavy (non-hydrogen) atoms. The number of carbonyl (C=O) groups excluding carboxylic acids is 2. The molecule has 0 aromatic carbocycles. The third kappa shape index (κ3) is 14.2. The van der Waals surface area contributed by atoms with Crippen molar-refractivity contribution in [3.63, 3.8) is 0 Å². The molecule has 2 N–H and O–H groups in total. The predicted molar refractivity (Wildman–Crippen MR) is 93.8 cm³/mol. The summed E-state index contributed by atoms with van der Waals surface area (Å²) in [6.45, 7) is 6.94. The van der Waals surface area contributed by atoms with E-state index in [9.17, 15) is 9.59 Å². The number of ether oxygens (including phenoxy) is 1. The van der Waals surface area contributed by atoms with Crippen LogP contribution in [0.25, 0.3) is 0 Å². The van der Waals surface area contributed by atoms with Crippen molar-refractivity contribution in [2.45, 2.75) is 85.0 Å². The number of unbranched alkanes of at least 4 members (excludes halogenated alkanes) is 5. The summed E-state index contributed by atoms with van der Waals surface area (Å²) in [7, 11) is 0. The van der Waals surface area contributed by atoms with E-state index in [0.29, 0.717) is 18.9 Å². The van der Waals surface area contributed by atoms with E-state index in [2.05, 4.69) is 31.6 Å². The van der Waals surface area contributed by atoms with Crippen LogP contribution in [0.5, 0.6) is 0 Å². The molecule has 0 unspecified atom stereocenters. The Balaban J connectivity index is 3.59. The van der Waals surface area contributed by atoms with Gasteiger partial charge >= 0.3 is 5.97 Å². The number of hydrogen-bond acceptors (Lipinski definition) is 4. The first kappa shape index (κ1) is 21.9. The molecule has 0 aromatic rings. The molecule has 0 fully saturated rings. The minimum absolute atomic E-state index is 0.0196. The van der Waals surface area contributed by atoms with E-state index in [0.717, 1.165) is 32.1 Å². The van der Waals surface area contributed by atoms with Crippen molar-refractivity contribution < 1.29 is 14.3 Å². The zero-order chi connectivity index (χ0) is 17.3. The fourth-order valence-electron chi connectivity index (χ4n) is 2.33. The zero-order valence-corrected chi connectivity index (χ0v) is 15.3. The van der Waals surface area contributed by atoms with Gasteiger partial charge < -0.3 is 4.74 Å². The molecular weight excluding hydrogens is 292 g/mol. The Morgan fingerprint density at radius 2 is 1.65 bits per heavy atom. The molecule has 1 amide bonds. The summed E-state index contributed by atoms with van der Waals surface area (Å²) >= 11 is 0. The monoisotopic (exact) mass is 328 g/mol. The maximum absolute atomic E-state index is 11.6.